The van der Waals surface area contributed by atoms with Crippen molar-refractivity contribution in [2.75, 3.05) is 26.0 Å². The lowest BCUT2D eigenvalue weighted by molar-refractivity contribution is 0.521. The molecule has 0 heterocycles. The Labute approximate surface area is 103 Å². The van der Waals surface area contributed by atoms with Crippen LogP contribution >= 0.6 is 0 Å². The predicted octanol–water partition coefficient (Wildman–Crippen LogP) is 1.76. The molecule has 0 atom stereocenters. The first-order chi connectivity index (χ1) is 8.01. The van der Waals surface area contributed by atoms with Crippen molar-refractivity contribution in [1.82, 2.24) is 4.31 Å². The van der Waals surface area contributed by atoms with Gasteiger partial charge in [-0.15, -0.1) is 0 Å². The number of para-hydroxylation sites is 1. The molecule has 1 aliphatic rings. The van der Waals surface area contributed by atoms with Gasteiger partial charge in [0.25, 0.3) is 0 Å². The maximum absolute atomic E-state index is 12.1. The van der Waals surface area contributed by atoms with Gasteiger partial charge in [-0.3, -0.25) is 0 Å². The minimum absolute atomic E-state index is 0.352. The van der Waals surface area contributed by atoms with Crippen molar-refractivity contribution in [3.05, 3.63) is 24.3 Å². The quantitative estimate of drug-likeness (QED) is 0.871. The molecule has 0 amide bonds. The summed E-state index contributed by atoms with van der Waals surface area (Å²) < 4.78 is 25.4. The van der Waals surface area contributed by atoms with Crippen molar-refractivity contribution >= 4 is 15.7 Å². The number of anilines is 1. The van der Waals surface area contributed by atoms with E-state index in [-0.39, 0.29) is 0 Å². The van der Waals surface area contributed by atoms with E-state index >= 15 is 0 Å². The summed E-state index contributed by atoms with van der Waals surface area (Å²) in [5.74, 6) is 0.713. The molecular weight excluding hydrogens is 236 g/mol. The summed E-state index contributed by atoms with van der Waals surface area (Å²) in [6.07, 6.45) is 2.49. The summed E-state index contributed by atoms with van der Waals surface area (Å²) in [7, 11) is -0.267. The van der Waals surface area contributed by atoms with Crippen LogP contribution in [-0.4, -0.2) is 33.4 Å². The Balaban J connectivity index is 2.26. The van der Waals surface area contributed by atoms with Gasteiger partial charge in [-0.1, -0.05) is 12.1 Å². The molecule has 0 bridgehead atoms. The van der Waals surface area contributed by atoms with Crippen LogP contribution in [0.3, 0.4) is 0 Å². The third kappa shape index (κ3) is 2.79. The lowest BCUT2D eigenvalue weighted by Gasteiger charge is -2.16. The number of nitrogens with zero attached hydrogens (tertiary/aromatic N) is 1. The van der Waals surface area contributed by atoms with Crippen LogP contribution in [0.5, 0.6) is 0 Å². The Hall–Kier alpha value is -1.07. The van der Waals surface area contributed by atoms with Crippen LogP contribution in [-0.2, 0) is 10.0 Å². The molecule has 5 heteroatoms. The minimum atomic E-state index is -3.36. The van der Waals surface area contributed by atoms with Crippen molar-refractivity contribution in [2.45, 2.75) is 17.7 Å². The van der Waals surface area contributed by atoms with Gasteiger partial charge >= 0.3 is 0 Å². The summed E-state index contributed by atoms with van der Waals surface area (Å²) in [5.41, 5.74) is 0.702. The fourth-order valence-corrected chi connectivity index (χ4v) is 2.67. The van der Waals surface area contributed by atoms with Crippen molar-refractivity contribution < 1.29 is 8.42 Å². The normalized spacial score (nSPS) is 16.2. The van der Waals surface area contributed by atoms with Gasteiger partial charge in [0.05, 0.1) is 5.69 Å². The zero-order valence-corrected chi connectivity index (χ0v) is 11.0. The van der Waals surface area contributed by atoms with Crippen molar-refractivity contribution in [3.63, 3.8) is 0 Å². The van der Waals surface area contributed by atoms with Gasteiger partial charge in [0.2, 0.25) is 10.0 Å². The first-order valence-corrected chi connectivity index (χ1v) is 7.21. The van der Waals surface area contributed by atoms with E-state index in [1.165, 1.54) is 17.1 Å². The van der Waals surface area contributed by atoms with E-state index in [0.717, 1.165) is 6.54 Å². The summed E-state index contributed by atoms with van der Waals surface area (Å²) in [4.78, 5) is 0.352. The van der Waals surface area contributed by atoms with Gasteiger partial charge in [0, 0.05) is 20.6 Å². The molecular formula is C12H18N2O2S. The fourth-order valence-electron chi connectivity index (χ4n) is 1.61. The standard InChI is InChI=1S/C12H18N2O2S/c1-14(2)17(15,16)12-6-4-3-5-11(12)13-9-10-7-8-10/h3-6,10,13H,7-9H2,1-2H3. The molecule has 1 aromatic rings. The molecule has 0 unspecified atom stereocenters. The summed E-state index contributed by atoms with van der Waals surface area (Å²) in [6.45, 7) is 0.861. The van der Waals surface area contributed by atoms with Crippen LogP contribution in [0.15, 0.2) is 29.2 Å². The Bertz CT molecular complexity index is 493. The maximum Gasteiger partial charge on any atom is 0.244 e. The molecule has 4 nitrogen and oxygen atoms in total. The van der Waals surface area contributed by atoms with Gasteiger partial charge in [-0.2, -0.15) is 0 Å². The van der Waals surface area contributed by atoms with E-state index in [2.05, 4.69) is 5.32 Å². The maximum atomic E-state index is 12.1. The van der Waals surface area contributed by atoms with Crippen LogP contribution in [0.25, 0.3) is 0 Å². The highest BCUT2D eigenvalue weighted by Gasteiger charge is 2.24. The lowest BCUT2D eigenvalue weighted by atomic mass is 10.3. The number of benzene rings is 1. The number of sulfonamides is 1. The van der Waals surface area contributed by atoms with Gasteiger partial charge in [-0.25, -0.2) is 12.7 Å². The highest BCUT2D eigenvalue weighted by atomic mass is 32.2. The molecule has 94 valence electrons. The third-order valence-electron chi connectivity index (χ3n) is 2.92. The molecule has 0 radical (unpaired) electrons. The number of rotatable bonds is 5. The van der Waals surface area contributed by atoms with Gasteiger partial charge in [0.1, 0.15) is 4.90 Å². The molecule has 0 spiro atoms. The van der Waals surface area contributed by atoms with Crippen LogP contribution in [0.2, 0.25) is 0 Å². The summed E-state index contributed by atoms with van der Waals surface area (Å²) in [5, 5.41) is 3.23. The smallest absolute Gasteiger partial charge is 0.244 e. The van der Waals surface area contributed by atoms with Crippen LogP contribution in [0.1, 0.15) is 12.8 Å². The topological polar surface area (TPSA) is 49.4 Å². The largest absolute Gasteiger partial charge is 0.384 e. The van der Waals surface area contributed by atoms with Crippen molar-refractivity contribution in [3.8, 4) is 0 Å². The Kier molecular flexibility index (Phi) is 3.40. The first-order valence-electron chi connectivity index (χ1n) is 5.77. The van der Waals surface area contributed by atoms with Gasteiger partial charge < -0.3 is 5.32 Å². The number of hydrogen-bond acceptors (Lipinski definition) is 3. The summed E-state index contributed by atoms with van der Waals surface area (Å²) >= 11 is 0. The predicted molar refractivity (Wildman–Crippen MR) is 68.5 cm³/mol. The van der Waals surface area contributed by atoms with Gasteiger partial charge in [0.15, 0.2) is 0 Å². The van der Waals surface area contributed by atoms with E-state index in [1.807, 2.05) is 12.1 Å². The molecule has 17 heavy (non-hydrogen) atoms. The minimum Gasteiger partial charge on any atom is -0.384 e. The highest BCUT2D eigenvalue weighted by Crippen LogP contribution is 2.30. The number of nitrogens with one attached hydrogen (secondary N) is 1. The van der Waals surface area contributed by atoms with Crippen molar-refractivity contribution in [2.24, 2.45) is 5.92 Å². The molecule has 0 aromatic heterocycles. The van der Waals surface area contributed by atoms with E-state index < -0.39 is 10.0 Å². The number of hydrogen-bond donors (Lipinski definition) is 1. The van der Waals surface area contributed by atoms with E-state index in [9.17, 15) is 8.42 Å². The zero-order valence-electron chi connectivity index (χ0n) is 10.2. The lowest BCUT2D eigenvalue weighted by Crippen LogP contribution is -2.23. The SMILES string of the molecule is CN(C)S(=O)(=O)c1ccccc1NCC1CC1. The van der Waals surface area contributed by atoms with E-state index in [4.69, 9.17) is 0 Å². The molecule has 1 saturated carbocycles. The molecule has 1 N–H and O–H groups in total. The average molecular weight is 254 g/mol. The Morgan fingerprint density at radius 2 is 1.94 bits per heavy atom. The monoisotopic (exact) mass is 254 g/mol. The zero-order chi connectivity index (χ0) is 12.5. The van der Waals surface area contributed by atoms with Gasteiger partial charge in [-0.05, 0) is 30.9 Å². The fraction of sp³-hybridized carbons (Fsp3) is 0.500. The molecule has 0 aliphatic heterocycles. The van der Waals surface area contributed by atoms with E-state index in [1.54, 1.807) is 26.2 Å². The second kappa shape index (κ2) is 4.66. The molecule has 1 aliphatic carbocycles. The van der Waals surface area contributed by atoms with Crippen LogP contribution in [0.4, 0.5) is 5.69 Å². The average Bonchev–Trinajstić information content (AvgIpc) is 3.10. The third-order valence-corrected chi connectivity index (χ3v) is 4.80. The Morgan fingerprint density at radius 1 is 1.29 bits per heavy atom. The highest BCUT2D eigenvalue weighted by molar-refractivity contribution is 7.89. The van der Waals surface area contributed by atoms with E-state index in [0.29, 0.717) is 16.5 Å². The molecule has 1 aromatic carbocycles. The Morgan fingerprint density at radius 3 is 2.53 bits per heavy atom. The summed E-state index contributed by atoms with van der Waals surface area (Å²) in [6, 6.07) is 7.06. The van der Waals surface area contributed by atoms with Crippen LogP contribution in [0, 0.1) is 5.92 Å². The first kappa shape index (κ1) is 12.4. The molecule has 1 fully saturated rings. The van der Waals surface area contributed by atoms with Crippen LogP contribution < -0.4 is 5.32 Å². The van der Waals surface area contributed by atoms with Crippen molar-refractivity contribution in [1.29, 1.82) is 0 Å². The molecule has 0 saturated heterocycles. The second-order valence-corrected chi connectivity index (χ2v) is 6.73. The second-order valence-electron chi connectivity index (χ2n) is 4.61. The molecule has 2 rings (SSSR count).